The Hall–Kier alpha value is -2.63. The Kier molecular flexibility index (Phi) is 6.18. The fraction of sp³-hybridized carbons (Fsp3) is 0.300. The Balaban J connectivity index is 2.53. The first-order valence-corrected chi connectivity index (χ1v) is 8.03. The van der Waals surface area contributed by atoms with Crippen LogP contribution in [-0.4, -0.2) is 25.0 Å². The van der Waals surface area contributed by atoms with Gasteiger partial charge in [0.25, 0.3) is 0 Å². The fourth-order valence-corrected chi connectivity index (χ4v) is 2.88. The number of alkyl halides is 3. The molecular weight excluding hydrogens is 345 g/mol. The van der Waals surface area contributed by atoms with Crippen LogP contribution in [0.3, 0.4) is 0 Å². The number of benzene rings is 2. The number of hydrogen-bond donors (Lipinski definition) is 0. The zero-order valence-electron chi connectivity index (χ0n) is 14.4. The highest BCUT2D eigenvalue weighted by atomic mass is 19.4. The van der Waals surface area contributed by atoms with Gasteiger partial charge in [-0.15, -0.1) is 0 Å². The molecule has 138 valence electrons. The minimum absolute atomic E-state index is 0.479. The molecule has 0 spiro atoms. The van der Waals surface area contributed by atoms with Crippen LogP contribution < -0.4 is 0 Å². The monoisotopic (exact) mass is 364 g/mol. The second kappa shape index (κ2) is 8.17. The van der Waals surface area contributed by atoms with Crippen molar-refractivity contribution in [2.75, 3.05) is 7.11 Å². The van der Waals surface area contributed by atoms with E-state index in [-0.39, 0.29) is 0 Å². The number of rotatable bonds is 6. The summed E-state index contributed by atoms with van der Waals surface area (Å²) in [5.41, 5.74) is 1.90. The molecule has 2 rings (SSSR count). The molecule has 0 amide bonds. The number of ether oxygens (including phenoxy) is 1. The van der Waals surface area contributed by atoms with Crippen molar-refractivity contribution < 1.29 is 27.5 Å². The van der Waals surface area contributed by atoms with Gasteiger partial charge in [0, 0.05) is 12.3 Å². The van der Waals surface area contributed by atoms with E-state index in [2.05, 4.69) is 0 Å². The third kappa shape index (κ3) is 4.71. The SMILES string of the molecule is COC(=O)[C@@H](c1ccccc1)[C@@H](CC(=O)C(F)(F)F)c1ccc(C)cc1. The Bertz CT molecular complexity index is 752. The molecule has 0 heterocycles. The quantitative estimate of drug-likeness (QED) is 0.706. The molecule has 0 aromatic heterocycles. The average Bonchev–Trinajstić information content (AvgIpc) is 2.61. The van der Waals surface area contributed by atoms with Crippen LogP contribution in [0.25, 0.3) is 0 Å². The molecule has 0 aliphatic carbocycles. The van der Waals surface area contributed by atoms with Gasteiger partial charge in [-0.05, 0) is 18.1 Å². The van der Waals surface area contributed by atoms with Gasteiger partial charge in [-0.2, -0.15) is 13.2 Å². The molecule has 0 N–H and O–H groups in total. The predicted octanol–water partition coefficient (Wildman–Crippen LogP) is 4.56. The average molecular weight is 364 g/mol. The molecule has 26 heavy (non-hydrogen) atoms. The summed E-state index contributed by atoms with van der Waals surface area (Å²) in [4.78, 5) is 24.1. The molecule has 2 aromatic rings. The van der Waals surface area contributed by atoms with Crippen LogP contribution in [0.4, 0.5) is 13.2 Å². The number of esters is 1. The summed E-state index contributed by atoms with van der Waals surface area (Å²) in [6, 6.07) is 15.1. The number of carbonyl (C=O) groups excluding carboxylic acids is 2. The largest absolute Gasteiger partial charge is 0.469 e. The van der Waals surface area contributed by atoms with E-state index in [1.165, 1.54) is 7.11 Å². The summed E-state index contributed by atoms with van der Waals surface area (Å²) < 4.78 is 43.4. The first-order chi connectivity index (χ1) is 12.2. The summed E-state index contributed by atoms with van der Waals surface area (Å²) in [6.45, 7) is 1.84. The maximum atomic E-state index is 12.9. The second-order valence-electron chi connectivity index (χ2n) is 6.05. The molecule has 3 nitrogen and oxygen atoms in total. The number of Topliss-reactive ketones (excluding diaryl/α,β-unsaturated/α-hetero) is 1. The number of hydrogen-bond acceptors (Lipinski definition) is 3. The molecule has 0 aliphatic rings. The van der Waals surface area contributed by atoms with Gasteiger partial charge < -0.3 is 4.74 Å². The van der Waals surface area contributed by atoms with E-state index in [9.17, 15) is 22.8 Å². The van der Waals surface area contributed by atoms with Crippen molar-refractivity contribution in [2.24, 2.45) is 0 Å². The van der Waals surface area contributed by atoms with Crippen LogP contribution in [-0.2, 0) is 14.3 Å². The number of methoxy groups -OCH3 is 1. The Morgan fingerprint density at radius 2 is 1.54 bits per heavy atom. The van der Waals surface area contributed by atoms with Crippen molar-refractivity contribution in [1.82, 2.24) is 0 Å². The van der Waals surface area contributed by atoms with E-state index >= 15 is 0 Å². The summed E-state index contributed by atoms with van der Waals surface area (Å²) >= 11 is 0. The molecule has 2 aromatic carbocycles. The minimum Gasteiger partial charge on any atom is -0.469 e. The molecule has 0 fully saturated rings. The lowest BCUT2D eigenvalue weighted by Crippen LogP contribution is -2.29. The molecule has 6 heteroatoms. The lowest BCUT2D eigenvalue weighted by atomic mass is 9.78. The topological polar surface area (TPSA) is 43.4 Å². The number of ketones is 1. The molecule has 0 unspecified atom stereocenters. The highest BCUT2D eigenvalue weighted by Crippen LogP contribution is 2.38. The van der Waals surface area contributed by atoms with E-state index in [0.29, 0.717) is 11.1 Å². The molecule has 0 saturated carbocycles. The minimum atomic E-state index is -4.96. The van der Waals surface area contributed by atoms with E-state index in [1.807, 2.05) is 6.92 Å². The molecule has 0 saturated heterocycles. The summed E-state index contributed by atoms with van der Waals surface area (Å²) in [5, 5.41) is 0. The van der Waals surface area contributed by atoms with E-state index < -0.39 is 36.2 Å². The van der Waals surface area contributed by atoms with Crippen LogP contribution in [0.1, 0.15) is 34.9 Å². The van der Waals surface area contributed by atoms with Crippen molar-refractivity contribution in [3.8, 4) is 0 Å². The van der Waals surface area contributed by atoms with Gasteiger partial charge in [0.2, 0.25) is 5.78 Å². The van der Waals surface area contributed by atoms with Gasteiger partial charge in [-0.3, -0.25) is 9.59 Å². The number of aryl methyl sites for hydroxylation is 1. The van der Waals surface area contributed by atoms with Crippen molar-refractivity contribution in [3.63, 3.8) is 0 Å². The van der Waals surface area contributed by atoms with Gasteiger partial charge in [0.15, 0.2) is 0 Å². The van der Waals surface area contributed by atoms with Gasteiger partial charge >= 0.3 is 12.1 Å². The van der Waals surface area contributed by atoms with E-state index in [1.54, 1.807) is 54.6 Å². The van der Waals surface area contributed by atoms with Gasteiger partial charge in [0.05, 0.1) is 13.0 Å². The molecule has 0 aliphatic heterocycles. The van der Waals surface area contributed by atoms with Gasteiger partial charge in [-0.1, -0.05) is 60.2 Å². The predicted molar refractivity (Wildman–Crippen MR) is 90.8 cm³/mol. The van der Waals surface area contributed by atoms with Crippen molar-refractivity contribution >= 4 is 11.8 Å². The summed E-state index contributed by atoms with van der Waals surface area (Å²) in [6.07, 6.45) is -5.79. The summed E-state index contributed by atoms with van der Waals surface area (Å²) in [5.74, 6) is -4.56. The molecule has 0 bridgehead atoms. The Morgan fingerprint density at radius 3 is 2.04 bits per heavy atom. The third-order valence-electron chi connectivity index (χ3n) is 4.24. The smallest absolute Gasteiger partial charge is 0.449 e. The number of carbonyl (C=O) groups is 2. The third-order valence-corrected chi connectivity index (χ3v) is 4.24. The van der Waals surface area contributed by atoms with Crippen molar-refractivity contribution in [3.05, 3.63) is 71.3 Å². The van der Waals surface area contributed by atoms with Crippen molar-refractivity contribution in [2.45, 2.75) is 31.4 Å². The van der Waals surface area contributed by atoms with Crippen LogP contribution >= 0.6 is 0 Å². The van der Waals surface area contributed by atoms with E-state index in [4.69, 9.17) is 4.74 Å². The van der Waals surface area contributed by atoms with Gasteiger partial charge in [-0.25, -0.2) is 0 Å². The maximum absolute atomic E-state index is 12.9. The first kappa shape index (κ1) is 19.7. The Labute approximate surface area is 149 Å². The lowest BCUT2D eigenvalue weighted by molar-refractivity contribution is -0.171. The zero-order chi connectivity index (χ0) is 19.3. The first-order valence-electron chi connectivity index (χ1n) is 8.03. The molecule has 0 radical (unpaired) electrons. The zero-order valence-corrected chi connectivity index (χ0v) is 14.4. The van der Waals surface area contributed by atoms with Crippen LogP contribution in [0.5, 0.6) is 0 Å². The van der Waals surface area contributed by atoms with Crippen LogP contribution in [0.15, 0.2) is 54.6 Å². The van der Waals surface area contributed by atoms with Crippen LogP contribution in [0, 0.1) is 6.92 Å². The lowest BCUT2D eigenvalue weighted by Gasteiger charge is -2.26. The highest BCUT2D eigenvalue weighted by Gasteiger charge is 2.42. The normalized spacial score (nSPS) is 13.7. The Morgan fingerprint density at radius 1 is 0.962 bits per heavy atom. The second-order valence-corrected chi connectivity index (χ2v) is 6.05. The fourth-order valence-electron chi connectivity index (χ4n) is 2.88. The number of halogens is 3. The van der Waals surface area contributed by atoms with Crippen LogP contribution in [0.2, 0.25) is 0 Å². The maximum Gasteiger partial charge on any atom is 0.449 e. The highest BCUT2D eigenvalue weighted by molar-refractivity contribution is 5.87. The standard InChI is InChI=1S/C20H19F3O3/c1-13-8-10-14(11-9-13)16(12-17(24)20(21,22)23)18(19(25)26-2)15-6-4-3-5-7-15/h3-11,16,18H,12H2,1-2H3/t16-,18-/m0/s1. The van der Waals surface area contributed by atoms with Crippen molar-refractivity contribution in [1.29, 1.82) is 0 Å². The molecular formula is C20H19F3O3. The summed E-state index contributed by atoms with van der Waals surface area (Å²) in [7, 11) is 1.18. The molecule has 2 atom stereocenters. The van der Waals surface area contributed by atoms with Gasteiger partial charge in [0.1, 0.15) is 0 Å². The van der Waals surface area contributed by atoms with E-state index in [0.717, 1.165) is 5.56 Å².